The summed E-state index contributed by atoms with van der Waals surface area (Å²) in [6.07, 6.45) is 3.19. The monoisotopic (exact) mass is 376 g/mol. The molecule has 0 atom stereocenters. The molecule has 0 aliphatic carbocycles. The first-order valence-electron chi connectivity index (χ1n) is 8.11. The number of halogens is 1. The molecule has 0 spiro atoms. The van der Waals surface area contributed by atoms with E-state index in [2.05, 4.69) is 20.2 Å². The van der Waals surface area contributed by atoms with Crippen molar-refractivity contribution in [1.29, 1.82) is 0 Å². The lowest BCUT2D eigenvalue weighted by molar-refractivity contribution is -0.402. The number of carbonyl (C=O) groups excluding carboxylic acids is 1. The molecule has 1 aliphatic heterocycles. The summed E-state index contributed by atoms with van der Waals surface area (Å²) < 4.78 is 19.7. The van der Waals surface area contributed by atoms with Crippen molar-refractivity contribution in [2.24, 2.45) is 0 Å². The maximum atomic E-state index is 14.7. The Labute approximate surface area is 153 Å². The molecule has 1 aliphatic rings. The lowest BCUT2D eigenvalue weighted by Crippen LogP contribution is -2.45. The second-order valence-electron chi connectivity index (χ2n) is 5.89. The number of nitro groups is 1. The van der Waals surface area contributed by atoms with Gasteiger partial charge in [0.05, 0.1) is 6.07 Å². The highest BCUT2D eigenvalue weighted by molar-refractivity contribution is 5.73. The Kier molecular flexibility index (Phi) is 5.41. The lowest BCUT2D eigenvalue weighted by atomic mass is 10.3. The van der Waals surface area contributed by atoms with E-state index in [9.17, 15) is 19.3 Å². The molecule has 0 saturated carbocycles. The van der Waals surface area contributed by atoms with Gasteiger partial charge in [-0.1, -0.05) is 0 Å². The van der Waals surface area contributed by atoms with Crippen molar-refractivity contribution in [2.45, 2.75) is 0 Å². The molecule has 0 aromatic carbocycles. The minimum absolute atomic E-state index is 0.0903. The average molecular weight is 376 g/mol. The number of piperazine rings is 1. The zero-order valence-corrected chi connectivity index (χ0v) is 14.5. The predicted octanol–water partition coefficient (Wildman–Crippen LogP) is 1.61. The Morgan fingerprint density at radius 2 is 2.00 bits per heavy atom. The van der Waals surface area contributed by atoms with Gasteiger partial charge < -0.3 is 19.5 Å². The first kappa shape index (κ1) is 18.5. The Bertz CT molecular complexity index is 876. The van der Waals surface area contributed by atoms with E-state index in [0.717, 1.165) is 13.1 Å². The van der Waals surface area contributed by atoms with Gasteiger partial charge in [-0.05, 0) is 25.3 Å². The highest BCUT2D eigenvalue weighted by Crippen LogP contribution is 2.24. The molecule has 3 rings (SSSR count). The molecule has 1 fully saturated rings. The maximum Gasteiger partial charge on any atom is 0.433 e. The Hall–Kier alpha value is -3.34. The second kappa shape index (κ2) is 7.91. The fraction of sp³-hybridized carbons (Fsp3) is 0.312. The quantitative estimate of drug-likeness (QED) is 0.459. The van der Waals surface area contributed by atoms with E-state index < -0.39 is 16.6 Å². The van der Waals surface area contributed by atoms with Gasteiger partial charge in [0.25, 0.3) is 0 Å². The summed E-state index contributed by atoms with van der Waals surface area (Å²) in [7, 11) is 1.98. The van der Waals surface area contributed by atoms with Crippen molar-refractivity contribution >= 4 is 36.1 Å². The first-order valence-corrected chi connectivity index (χ1v) is 8.11. The molecule has 10 nitrogen and oxygen atoms in total. The van der Waals surface area contributed by atoms with Crippen LogP contribution < -0.4 is 10.2 Å². The molecule has 11 heteroatoms. The molecule has 1 saturated heterocycles. The van der Waals surface area contributed by atoms with Crippen molar-refractivity contribution in [3.63, 3.8) is 0 Å². The number of rotatable bonds is 6. The standard InChI is InChI=1S/C16H17FN6O4/c1-21-6-8-22(9-7-21)16-14(17)15(18-10-24)19-12(20-16)4-2-11-3-5-13(27-11)23(25)26/h2-5,10H,6-9H2,1H3,(H,18,19,20,24)/b4-2+. The van der Waals surface area contributed by atoms with Crippen LogP contribution in [0.2, 0.25) is 0 Å². The summed E-state index contributed by atoms with van der Waals surface area (Å²) in [6.45, 7) is 2.67. The smallest absolute Gasteiger partial charge is 0.401 e. The molecule has 2 aromatic heterocycles. The highest BCUT2D eigenvalue weighted by atomic mass is 19.1. The van der Waals surface area contributed by atoms with Crippen molar-refractivity contribution in [3.8, 4) is 0 Å². The Morgan fingerprint density at radius 1 is 1.26 bits per heavy atom. The molecule has 27 heavy (non-hydrogen) atoms. The van der Waals surface area contributed by atoms with E-state index in [1.54, 1.807) is 4.90 Å². The number of hydrogen-bond donors (Lipinski definition) is 1. The Balaban J connectivity index is 1.90. The number of carbonyl (C=O) groups is 1. The van der Waals surface area contributed by atoms with Crippen LogP contribution in [0.1, 0.15) is 11.6 Å². The number of likely N-dealkylation sites (N-methyl/N-ethyl adjacent to an activating group) is 1. The third-order valence-corrected chi connectivity index (χ3v) is 4.04. The number of amides is 1. The maximum absolute atomic E-state index is 14.7. The number of aromatic nitrogens is 2. The van der Waals surface area contributed by atoms with Gasteiger partial charge in [0.2, 0.25) is 12.2 Å². The van der Waals surface area contributed by atoms with Gasteiger partial charge in [-0.25, -0.2) is 9.97 Å². The van der Waals surface area contributed by atoms with Crippen LogP contribution in [-0.4, -0.2) is 59.4 Å². The first-order chi connectivity index (χ1) is 13.0. The molecular weight excluding hydrogens is 359 g/mol. The van der Waals surface area contributed by atoms with E-state index in [1.807, 2.05) is 7.05 Å². The summed E-state index contributed by atoms with van der Waals surface area (Å²) in [4.78, 5) is 32.8. The molecule has 1 amide bonds. The van der Waals surface area contributed by atoms with Gasteiger partial charge in [-0.2, -0.15) is 4.39 Å². The number of furan rings is 1. The van der Waals surface area contributed by atoms with Gasteiger partial charge in [0, 0.05) is 26.2 Å². The molecule has 1 N–H and O–H groups in total. The normalized spacial score (nSPS) is 15.3. The van der Waals surface area contributed by atoms with Crippen LogP contribution in [0.5, 0.6) is 0 Å². The molecule has 0 bridgehead atoms. The number of anilines is 2. The van der Waals surface area contributed by atoms with Gasteiger partial charge in [0.1, 0.15) is 10.7 Å². The van der Waals surface area contributed by atoms with Crippen molar-refractivity contribution < 1.29 is 18.5 Å². The zero-order valence-electron chi connectivity index (χ0n) is 14.5. The summed E-state index contributed by atoms with van der Waals surface area (Å²) >= 11 is 0. The minimum Gasteiger partial charge on any atom is -0.401 e. The van der Waals surface area contributed by atoms with Crippen LogP contribution in [0.25, 0.3) is 12.2 Å². The van der Waals surface area contributed by atoms with Gasteiger partial charge in [0.15, 0.2) is 17.5 Å². The zero-order chi connectivity index (χ0) is 19.4. The number of nitrogens with zero attached hydrogens (tertiary/aromatic N) is 5. The van der Waals surface area contributed by atoms with Crippen molar-refractivity contribution in [2.75, 3.05) is 43.4 Å². The lowest BCUT2D eigenvalue weighted by Gasteiger charge is -2.33. The predicted molar refractivity (Wildman–Crippen MR) is 95.7 cm³/mol. The largest absolute Gasteiger partial charge is 0.433 e. The SMILES string of the molecule is CN1CCN(c2nc(/C=C/c3ccc([N+](=O)[O-])o3)nc(NC=O)c2F)CC1. The van der Waals surface area contributed by atoms with E-state index in [-0.39, 0.29) is 23.2 Å². The Morgan fingerprint density at radius 3 is 2.63 bits per heavy atom. The van der Waals surface area contributed by atoms with Crippen LogP contribution in [0.4, 0.5) is 21.9 Å². The van der Waals surface area contributed by atoms with Crippen LogP contribution in [-0.2, 0) is 4.79 Å². The number of hydrogen-bond acceptors (Lipinski definition) is 8. The highest BCUT2D eigenvalue weighted by Gasteiger charge is 2.22. The molecular formula is C16H17FN6O4. The molecule has 0 radical (unpaired) electrons. The second-order valence-corrected chi connectivity index (χ2v) is 5.89. The summed E-state index contributed by atoms with van der Waals surface area (Å²) in [5, 5.41) is 12.9. The van der Waals surface area contributed by atoms with Crippen molar-refractivity contribution in [1.82, 2.24) is 14.9 Å². The molecule has 142 valence electrons. The fourth-order valence-corrected chi connectivity index (χ4v) is 2.59. The van der Waals surface area contributed by atoms with Crippen LogP contribution >= 0.6 is 0 Å². The van der Waals surface area contributed by atoms with E-state index >= 15 is 0 Å². The van der Waals surface area contributed by atoms with E-state index in [0.29, 0.717) is 19.5 Å². The topological polar surface area (TPSA) is 118 Å². The van der Waals surface area contributed by atoms with Gasteiger partial charge in [-0.15, -0.1) is 0 Å². The molecule has 0 unspecified atom stereocenters. The third kappa shape index (κ3) is 4.26. The van der Waals surface area contributed by atoms with E-state index in [4.69, 9.17) is 4.42 Å². The van der Waals surface area contributed by atoms with Crippen LogP contribution in [0.15, 0.2) is 16.5 Å². The van der Waals surface area contributed by atoms with Crippen LogP contribution in [0.3, 0.4) is 0 Å². The molecule has 3 heterocycles. The van der Waals surface area contributed by atoms with Gasteiger partial charge >= 0.3 is 5.88 Å². The summed E-state index contributed by atoms with van der Waals surface area (Å²) in [6, 6.07) is 2.64. The summed E-state index contributed by atoms with van der Waals surface area (Å²) in [5.41, 5.74) is 0. The summed E-state index contributed by atoms with van der Waals surface area (Å²) in [5.74, 6) is -0.894. The van der Waals surface area contributed by atoms with Gasteiger partial charge in [-0.3, -0.25) is 14.9 Å². The number of nitrogens with one attached hydrogen (secondary N) is 1. The molecule has 2 aromatic rings. The minimum atomic E-state index is -0.711. The fourth-order valence-electron chi connectivity index (χ4n) is 2.59. The average Bonchev–Trinajstić information content (AvgIpc) is 3.12. The van der Waals surface area contributed by atoms with Crippen LogP contribution in [0, 0.1) is 15.9 Å². The van der Waals surface area contributed by atoms with Crippen molar-refractivity contribution in [3.05, 3.63) is 39.6 Å². The van der Waals surface area contributed by atoms with E-state index in [1.165, 1.54) is 24.3 Å². The third-order valence-electron chi connectivity index (χ3n) is 4.04.